The number of hydrogen-bond acceptors (Lipinski definition) is 5. The molecule has 0 bridgehead atoms. The van der Waals surface area contributed by atoms with E-state index in [1.54, 1.807) is 0 Å². The zero-order valence-corrected chi connectivity index (χ0v) is 31.9. The molecule has 12 rings (SSSR count). The Balaban J connectivity index is 1.04. The lowest BCUT2D eigenvalue weighted by molar-refractivity contribution is 0.669. The van der Waals surface area contributed by atoms with Gasteiger partial charge in [-0.2, -0.15) is 0 Å². The van der Waals surface area contributed by atoms with Crippen molar-refractivity contribution in [2.24, 2.45) is 0 Å². The predicted octanol–water partition coefficient (Wildman–Crippen LogP) is 14.8. The summed E-state index contributed by atoms with van der Waals surface area (Å²) < 4.78 is 9.03. The molecule has 0 saturated heterocycles. The molecule has 12 aromatic rings. The molecule has 3 aromatic heterocycles. The molecule has 0 unspecified atom stereocenters. The Morgan fingerprint density at radius 3 is 1.81 bits per heavy atom. The summed E-state index contributed by atoms with van der Waals surface area (Å²) in [6, 6.07) is 66.3. The van der Waals surface area contributed by atoms with E-state index in [0.717, 1.165) is 55.1 Å². The van der Waals surface area contributed by atoms with Gasteiger partial charge < -0.3 is 4.42 Å². The number of furan rings is 1. The van der Waals surface area contributed by atoms with Gasteiger partial charge in [-0.25, -0.2) is 15.0 Å². The number of hydrogen-bond donors (Lipinski definition) is 0. The second kappa shape index (κ2) is 13.1. The van der Waals surface area contributed by atoms with Gasteiger partial charge in [0.2, 0.25) is 0 Å². The molecule has 270 valence electrons. The number of thiophene rings is 1. The minimum Gasteiger partial charge on any atom is -0.456 e. The van der Waals surface area contributed by atoms with Crippen LogP contribution in [0.3, 0.4) is 0 Å². The van der Waals surface area contributed by atoms with Crippen LogP contribution in [0.5, 0.6) is 0 Å². The normalized spacial score (nSPS) is 11.8. The van der Waals surface area contributed by atoms with Gasteiger partial charge in [0.15, 0.2) is 17.5 Å². The van der Waals surface area contributed by atoms with Gasteiger partial charge in [-0.05, 0) is 86.3 Å². The van der Waals surface area contributed by atoms with Crippen molar-refractivity contribution < 1.29 is 4.42 Å². The van der Waals surface area contributed by atoms with E-state index in [1.807, 2.05) is 29.5 Å². The van der Waals surface area contributed by atoms with Crippen LogP contribution in [0.25, 0.3) is 120 Å². The average molecular weight is 758 g/mol. The fraction of sp³-hybridized carbons (Fsp3) is 0. The van der Waals surface area contributed by atoms with Crippen LogP contribution in [0.15, 0.2) is 192 Å². The van der Waals surface area contributed by atoms with Crippen LogP contribution in [0.2, 0.25) is 0 Å². The Bertz CT molecular complexity index is 3570. The maximum absolute atomic E-state index is 6.50. The first-order chi connectivity index (χ1) is 28.7. The second-order valence-corrected chi connectivity index (χ2v) is 15.8. The third kappa shape index (κ3) is 5.40. The predicted molar refractivity (Wildman–Crippen MR) is 242 cm³/mol. The smallest absolute Gasteiger partial charge is 0.164 e. The summed E-state index contributed by atoms with van der Waals surface area (Å²) >= 11 is 1.84. The molecule has 58 heavy (non-hydrogen) atoms. The SMILES string of the molecule is c1ccc(-c2ccc(-c3ccc4oc5cccc(-c6nc(-c7ccc8ccccc8c7)nc(-c7ccc8sc9c%10ccccc%10ccc9c8c7)n6)c5c4c3)cc2)cc1. The molecule has 0 fully saturated rings. The molecule has 4 nitrogen and oxygen atoms in total. The van der Waals surface area contributed by atoms with Crippen molar-refractivity contribution in [3.63, 3.8) is 0 Å². The quantitative estimate of drug-likeness (QED) is 0.175. The van der Waals surface area contributed by atoms with Crippen LogP contribution >= 0.6 is 11.3 Å². The van der Waals surface area contributed by atoms with Crippen molar-refractivity contribution in [1.29, 1.82) is 0 Å². The van der Waals surface area contributed by atoms with Crippen LogP contribution in [0, 0.1) is 0 Å². The lowest BCUT2D eigenvalue weighted by Gasteiger charge is -2.10. The molecule has 0 spiro atoms. The van der Waals surface area contributed by atoms with Gasteiger partial charge in [-0.15, -0.1) is 11.3 Å². The molecule has 0 atom stereocenters. The van der Waals surface area contributed by atoms with Gasteiger partial charge >= 0.3 is 0 Å². The second-order valence-electron chi connectivity index (χ2n) is 14.8. The molecule has 0 N–H and O–H groups in total. The highest BCUT2D eigenvalue weighted by molar-refractivity contribution is 7.26. The van der Waals surface area contributed by atoms with E-state index in [0.29, 0.717) is 17.5 Å². The number of fused-ring (bicyclic) bond motifs is 9. The Morgan fingerprint density at radius 2 is 0.966 bits per heavy atom. The van der Waals surface area contributed by atoms with Crippen molar-refractivity contribution in [1.82, 2.24) is 15.0 Å². The monoisotopic (exact) mass is 757 g/mol. The number of aromatic nitrogens is 3. The van der Waals surface area contributed by atoms with E-state index in [9.17, 15) is 0 Å². The molecule has 3 heterocycles. The number of rotatable bonds is 5. The third-order valence-electron chi connectivity index (χ3n) is 11.3. The molecule has 0 aliphatic carbocycles. The summed E-state index contributed by atoms with van der Waals surface area (Å²) in [6.45, 7) is 0. The molecule has 9 aromatic carbocycles. The molecule has 0 saturated carbocycles. The maximum atomic E-state index is 6.50. The minimum atomic E-state index is 0.598. The first-order valence-corrected chi connectivity index (χ1v) is 20.2. The first-order valence-electron chi connectivity index (χ1n) is 19.4. The van der Waals surface area contributed by atoms with E-state index in [4.69, 9.17) is 19.4 Å². The maximum Gasteiger partial charge on any atom is 0.164 e. The van der Waals surface area contributed by atoms with Crippen LogP contribution in [-0.4, -0.2) is 15.0 Å². The largest absolute Gasteiger partial charge is 0.456 e. The van der Waals surface area contributed by atoms with Gasteiger partial charge in [0.1, 0.15) is 11.2 Å². The highest BCUT2D eigenvalue weighted by atomic mass is 32.1. The minimum absolute atomic E-state index is 0.598. The van der Waals surface area contributed by atoms with E-state index in [1.165, 1.54) is 47.5 Å². The summed E-state index contributed by atoms with van der Waals surface area (Å²) in [5.41, 5.74) is 9.02. The topological polar surface area (TPSA) is 51.8 Å². The van der Waals surface area contributed by atoms with Crippen LogP contribution in [-0.2, 0) is 0 Å². The lowest BCUT2D eigenvalue weighted by atomic mass is 9.98. The van der Waals surface area contributed by atoms with Crippen LogP contribution in [0.1, 0.15) is 0 Å². The van der Waals surface area contributed by atoms with Gasteiger partial charge in [0.25, 0.3) is 0 Å². The van der Waals surface area contributed by atoms with Gasteiger partial charge in [0.05, 0.1) is 0 Å². The third-order valence-corrected chi connectivity index (χ3v) is 12.5. The highest BCUT2D eigenvalue weighted by Gasteiger charge is 2.19. The molecule has 0 aliphatic rings. The fourth-order valence-electron chi connectivity index (χ4n) is 8.41. The summed E-state index contributed by atoms with van der Waals surface area (Å²) in [7, 11) is 0. The Kier molecular flexibility index (Phi) is 7.37. The van der Waals surface area contributed by atoms with E-state index >= 15 is 0 Å². The summed E-state index contributed by atoms with van der Waals surface area (Å²) in [5.74, 6) is 1.84. The Labute approximate surface area is 337 Å². The summed E-state index contributed by atoms with van der Waals surface area (Å²) in [5, 5.41) is 9.26. The van der Waals surface area contributed by atoms with Crippen molar-refractivity contribution in [2.75, 3.05) is 0 Å². The number of nitrogens with zero attached hydrogens (tertiary/aromatic N) is 3. The lowest BCUT2D eigenvalue weighted by Crippen LogP contribution is -2.00. The van der Waals surface area contributed by atoms with Crippen molar-refractivity contribution >= 4 is 75.0 Å². The summed E-state index contributed by atoms with van der Waals surface area (Å²) in [4.78, 5) is 15.7. The highest BCUT2D eigenvalue weighted by Crippen LogP contribution is 2.42. The van der Waals surface area contributed by atoms with Crippen molar-refractivity contribution in [2.45, 2.75) is 0 Å². The standard InChI is InChI=1S/C53H31N3OS/c1-2-9-32(10-3-1)34-17-19-35(20-18-34)38-24-27-46-45(30-38)49-43(15-8-16-47(49)57-46)53-55-51(39-22-21-33-11-4-5-13-37(33)29-39)54-52(56-53)40-25-28-48-44(31-40)42-26-23-36-12-6-7-14-41(36)50(42)58-48/h1-31H. The fourth-order valence-corrected chi connectivity index (χ4v) is 9.62. The summed E-state index contributed by atoms with van der Waals surface area (Å²) in [6.07, 6.45) is 0. The zero-order valence-electron chi connectivity index (χ0n) is 31.1. The van der Waals surface area contributed by atoms with Crippen molar-refractivity contribution in [3.8, 4) is 56.4 Å². The number of benzene rings is 9. The molecular formula is C53H31N3OS. The molecular weight excluding hydrogens is 727 g/mol. The average Bonchev–Trinajstić information content (AvgIpc) is 3.87. The van der Waals surface area contributed by atoms with Gasteiger partial charge in [-0.3, -0.25) is 0 Å². The van der Waals surface area contributed by atoms with Gasteiger partial charge in [-0.1, -0.05) is 146 Å². The molecule has 0 amide bonds. The van der Waals surface area contributed by atoms with E-state index in [-0.39, 0.29) is 0 Å². The van der Waals surface area contributed by atoms with E-state index in [2.05, 4.69) is 170 Å². The molecule has 0 radical (unpaired) electrons. The Hall–Kier alpha value is -7.47. The van der Waals surface area contributed by atoms with E-state index < -0.39 is 0 Å². The van der Waals surface area contributed by atoms with Crippen molar-refractivity contribution in [3.05, 3.63) is 188 Å². The van der Waals surface area contributed by atoms with Gasteiger partial charge in [0, 0.05) is 47.6 Å². The van der Waals surface area contributed by atoms with Crippen LogP contribution in [0.4, 0.5) is 0 Å². The molecule has 0 aliphatic heterocycles. The Morgan fingerprint density at radius 1 is 0.345 bits per heavy atom. The van der Waals surface area contributed by atoms with Crippen LogP contribution < -0.4 is 0 Å². The zero-order chi connectivity index (χ0) is 38.2. The first kappa shape index (κ1) is 32.7. The molecule has 5 heteroatoms.